The van der Waals surface area contributed by atoms with Crippen LogP contribution in [0.4, 0.5) is 0 Å². The Morgan fingerprint density at radius 3 is 2.44 bits per heavy atom. The van der Waals surface area contributed by atoms with E-state index in [-0.39, 0.29) is 30.3 Å². The molecule has 0 saturated heterocycles. The van der Waals surface area contributed by atoms with Crippen molar-refractivity contribution in [3.05, 3.63) is 20.2 Å². The smallest absolute Gasteiger partial charge is 0.308 e. The van der Waals surface area contributed by atoms with Gasteiger partial charge in [-0.25, -0.2) is 0 Å². The minimum Gasteiger partial charge on any atom is -0.481 e. The molecule has 0 aromatic carbocycles. The maximum absolute atomic E-state index is 11.8. The Labute approximate surface area is 108 Å². The molecule has 1 N–H and O–H groups in total. The van der Waals surface area contributed by atoms with Crippen LogP contribution in [0.5, 0.6) is 0 Å². The summed E-state index contributed by atoms with van der Waals surface area (Å²) in [6, 6.07) is 0. The highest BCUT2D eigenvalue weighted by atomic mass is 32.1. The van der Waals surface area contributed by atoms with Crippen LogP contribution in [-0.4, -0.2) is 40.0 Å². The van der Waals surface area contributed by atoms with E-state index in [0.717, 1.165) is 21.9 Å². The summed E-state index contributed by atoms with van der Waals surface area (Å²) >= 11 is 1.11. The molecule has 0 fully saturated rings. The van der Waals surface area contributed by atoms with Crippen LogP contribution in [-0.2, 0) is 16.1 Å². The molecule has 6 nitrogen and oxygen atoms in total. The first kappa shape index (κ1) is 14.4. The zero-order valence-electron chi connectivity index (χ0n) is 10.6. The third-order valence-corrected chi connectivity index (χ3v) is 3.75. The summed E-state index contributed by atoms with van der Waals surface area (Å²) in [4.78, 5) is 35.9. The Kier molecular flexibility index (Phi) is 4.66. The molecule has 0 unspecified atom stereocenters. The van der Waals surface area contributed by atoms with Crippen LogP contribution in [0.2, 0.25) is 0 Å². The Morgan fingerprint density at radius 2 is 2.00 bits per heavy atom. The number of nitrogens with zero attached hydrogens (tertiary/aromatic N) is 2. The normalized spacial score (nSPS) is 10.4. The second kappa shape index (κ2) is 5.81. The maximum atomic E-state index is 11.8. The van der Waals surface area contributed by atoms with E-state index >= 15 is 0 Å². The van der Waals surface area contributed by atoms with Gasteiger partial charge in [-0.2, -0.15) is 0 Å². The van der Waals surface area contributed by atoms with E-state index in [9.17, 15) is 14.4 Å². The van der Waals surface area contributed by atoms with Gasteiger partial charge in [-0.3, -0.25) is 19.0 Å². The van der Waals surface area contributed by atoms with E-state index in [2.05, 4.69) is 0 Å². The van der Waals surface area contributed by atoms with Crippen molar-refractivity contribution in [2.75, 3.05) is 13.6 Å². The first-order valence-electron chi connectivity index (χ1n) is 5.45. The summed E-state index contributed by atoms with van der Waals surface area (Å²) in [5.74, 6) is -1.21. The highest BCUT2D eigenvalue weighted by molar-refractivity contribution is 7.09. The van der Waals surface area contributed by atoms with E-state index in [0.29, 0.717) is 0 Å². The molecule has 1 aromatic rings. The average Bonchev–Trinajstić information content (AvgIpc) is 2.52. The van der Waals surface area contributed by atoms with Gasteiger partial charge in [0.05, 0.1) is 6.42 Å². The number of hydrogen-bond acceptors (Lipinski definition) is 4. The van der Waals surface area contributed by atoms with Gasteiger partial charge in [-0.15, -0.1) is 0 Å². The average molecular weight is 272 g/mol. The zero-order valence-corrected chi connectivity index (χ0v) is 11.4. The second-order valence-corrected chi connectivity index (χ2v) is 5.22. The number of carboxylic acid groups (broad SMARTS) is 1. The minimum absolute atomic E-state index is 0.0366. The quantitative estimate of drug-likeness (QED) is 0.844. The lowest BCUT2D eigenvalue weighted by Gasteiger charge is -2.16. The molecule has 1 rings (SSSR count). The predicted molar refractivity (Wildman–Crippen MR) is 67.9 cm³/mol. The molecule has 0 radical (unpaired) electrons. The van der Waals surface area contributed by atoms with Gasteiger partial charge in [0.15, 0.2) is 0 Å². The molecule has 0 spiro atoms. The van der Waals surface area contributed by atoms with Gasteiger partial charge in [-0.05, 0) is 13.8 Å². The van der Waals surface area contributed by atoms with E-state index in [1.54, 1.807) is 6.92 Å². The molecule has 100 valence electrons. The molecule has 0 aliphatic rings. The number of rotatable bonds is 5. The van der Waals surface area contributed by atoms with Crippen molar-refractivity contribution in [1.82, 2.24) is 9.47 Å². The van der Waals surface area contributed by atoms with Crippen LogP contribution in [0.25, 0.3) is 0 Å². The molecule has 18 heavy (non-hydrogen) atoms. The summed E-state index contributed by atoms with van der Waals surface area (Å²) in [7, 11) is 1.53. The summed E-state index contributed by atoms with van der Waals surface area (Å²) in [5.41, 5.74) is 0.782. The molecule has 1 aromatic heterocycles. The van der Waals surface area contributed by atoms with E-state index < -0.39 is 5.97 Å². The van der Waals surface area contributed by atoms with Gasteiger partial charge in [0.2, 0.25) is 5.91 Å². The number of aromatic nitrogens is 1. The summed E-state index contributed by atoms with van der Waals surface area (Å²) in [6.45, 7) is 3.73. The van der Waals surface area contributed by atoms with Crippen molar-refractivity contribution in [3.63, 3.8) is 0 Å². The van der Waals surface area contributed by atoms with E-state index in [4.69, 9.17) is 5.11 Å². The lowest BCUT2D eigenvalue weighted by atomic mass is 10.3. The van der Waals surface area contributed by atoms with Crippen molar-refractivity contribution in [3.8, 4) is 0 Å². The number of likely N-dealkylation sites (N-methyl/N-ethyl adjacent to an activating group) is 1. The van der Waals surface area contributed by atoms with Crippen molar-refractivity contribution < 1.29 is 14.7 Å². The number of thiazole rings is 1. The largest absolute Gasteiger partial charge is 0.481 e. The lowest BCUT2D eigenvalue weighted by molar-refractivity contribution is -0.138. The molecule has 0 bridgehead atoms. The lowest BCUT2D eigenvalue weighted by Crippen LogP contribution is -2.34. The molecule has 0 aliphatic heterocycles. The van der Waals surface area contributed by atoms with Crippen LogP contribution >= 0.6 is 11.3 Å². The van der Waals surface area contributed by atoms with Crippen LogP contribution in [0.15, 0.2) is 4.79 Å². The summed E-state index contributed by atoms with van der Waals surface area (Å²) < 4.78 is 1.42. The SMILES string of the molecule is Cc1sc(=O)n(CC(=O)N(C)CCC(=O)O)c1C. The predicted octanol–water partition coefficient (Wildman–Crippen LogP) is 0.460. The fourth-order valence-electron chi connectivity index (χ4n) is 1.41. The summed E-state index contributed by atoms with van der Waals surface area (Å²) in [5, 5.41) is 8.53. The van der Waals surface area contributed by atoms with Gasteiger partial charge in [0, 0.05) is 24.2 Å². The van der Waals surface area contributed by atoms with Crippen molar-refractivity contribution >= 4 is 23.2 Å². The number of aliphatic carboxylic acids is 1. The Balaban J connectivity index is 2.70. The molecule has 1 heterocycles. The minimum atomic E-state index is -0.950. The zero-order chi connectivity index (χ0) is 13.9. The van der Waals surface area contributed by atoms with Gasteiger partial charge in [-0.1, -0.05) is 11.3 Å². The number of carbonyl (C=O) groups is 2. The molecule has 0 atom stereocenters. The number of amides is 1. The monoisotopic (exact) mass is 272 g/mol. The number of aryl methyl sites for hydroxylation is 1. The third kappa shape index (κ3) is 3.43. The molecule has 0 saturated carbocycles. The fourth-order valence-corrected chi connectivity index (χ4v) is 2.25. The topological polar surface area (TPSA) is 79.6 Å². The number of carbonyl (C=O) groups excluding carboxylic acids is 1. The van der Waals surface area contributed by atoms with E-state index in [1.165, 1.54) is 16.5 Å². The highest BCUT2D eigenvalue weighted by Crippen LogP contribution is 2.09. The van der Waals surface area contributed by atoms with Crippen LogP contribution in [0.3, 0.4) is 0 Å². The third-order valence-electron chi connectivity index (χ3n) is 2.76. The van der Waals surface area contributed by atoms with Gasteiger partial charge in [0.1, 0.15) is 6.54 Å². The Hall–Kier alpha value is -1.63. The molecule has 1 amide bonds. The Morgan fingerprint density at radius 1 is 1.39 bits per heavy atom. The maximum Gasteiger partial charge on any atom is 0.308 e. The van der Waals surface area contributed by atoms with Gasteiger partial charge < -0.3 is 10.0 Å². The first-order chi connectivity index (χ1) is 8.32. The van der Waals surface area contributed by atoms with Gasteiger partial charge in [0.25, 0.3) is 0 Å². The van der Waals surface area contributed by atoms with Crippen molar-refractivity contribution in [2.24, 2.45) is 0 Å². The molecular weight excluding hydrogens is 256 g/mol. The standard InChI is InChI=1S/C11H16N2O4S/c1-7-8(2)18-11(17)13(7)6-9(14)12(3)5-4-10(15)16/h4-6H2,1-3H3,(H,15,16). The van der Waals surface area contributed by atoms with Crippen molar-refractivity contribution in [2.45, 2.75) is 26.8 Å². The van der Waals surface area contributed by atoms with Crippen LogP contribution < -0.4 is 4.87 Å². The highest BCUT2D eigenvalue weighted by Gasteiger charge is 2.15. The fraction of sp³-hybridized carbons (Fsp3) is 0.545. The van der Waals surface area contributed by atoms with Crippen LogP contribution in [0.1, 0.15) is 17.0 Å². The summed E-state index contributed by atoms with van der Waals surface area (Å²) in [6.07, 6.45) is -0.0984. The van der Waals surface area contributed by atoms with Gasteiger partial charge >= 0.3 is 10.8 Å². The number of carboxylic acids is 1. The van der Waals surface area contributed by atoms with E-state index in [1.807, 2.05) is 6.92 Å². The first-order valence-corrected chi connectivity index (χ1v) is 6.27. The molecular formula is C11H16N2O4S. The van der Waals surface area contributed by atoms with Crippen LogP contribution in [0, 0.1) is 13.8 Å². The Bertz CT molecular complexity index is 518. The second-order valence-electron chi connectivity index (χ2n) is 4.05. The number of hydrogen-bond donors (Lipinski definition) is 1. The molecule has 0 aliphatic carbocycles. The van der Waals surface area contributed by atoms with Crippen molar-refractivity contribution in [1.29, 1.82) is 0 Å². The molecule has 7 heteroatoms.